The van der Waals surface area contributed by atoms with Gasteiger partial charge in [-0.1, -0.05) is 18.2 Å². The predicted octanol–water partition coefficient (Wildman–Crippen LogP) is 2.49. The highest BCUT2D eigenvalue weighted by Gasteiger charge is 2.10. The quantitative estimate of drug-likeness (QED) is 0.785. The first kappa shape index (κ1) is 12.6. The van der Waals surface area contributed by atoms with Crippen molar-refractivity contribution in [1.82, 2.24) is 10.2 Å². The molecule has 1 heterocycles. The van der Waals surface area contributed by atoms with Gasteiger partial charge in [0.2, 0.25) is 0 Å². The Balaban J connectivity index is 1.74. The van der Waals surface area contributed by atoms with Crippen molar-refractivity contribution in [2.24, 2.45) is 0 Å². The van der Waals surface area contributed by atoms with Gasteiger partial charge in [0.25, 0.3) is 0 Å². The van der Waals surface area contributed by atoms with Crippen LogP contribution in [0.4, 0.5) is 0 Å². The maximum absolute atomic E-state index is 3.57. The second-order valence-electron chi connectivity index (χ2n) is 5.10. The molecule has 1 saturated heterocycles. The number of benzene rings is 1. The van der Waals surface area contributed by atoms with Gasteiger partial charge in [0, 0.05) is 19.6 Å². The molecule has 0 bridgehead atoms. The molecule has 1 aromatic carbocycles. The van der Waals surface area contributed by atoms with E-state index in [9.17, 15) is 0 Å². The van der Waals surface area contributed by atoms with E-state index in [0.29, 0.717) is 0 Å². The molecule has 17 heavy (non-hydrogen) atoms. The van der Waals surface area contributed by atoms with Crippen molar-refractivity contribution in [1.29, 1.82) is 0 Å². The van der Waals surface area contributed by atoms with E-state index in [2.05, 4.69) is 42.3 Å². The predicted molar refractivity (Wildman–Crippen MR) is 73.3 cm³/mol. The summed E-state index contributed by atoms with van der Waals surface area (Å²) < 4.78 is 0. The lowest BCUT2D eigenvalue weighted by Gasteiger charge is -2.16. The molecule has 2 nitrogen and oxygen atoms in total. The fourth-order valence-corrected chi connectivity index (χ4v) is 2.58. The Morgan fingerprint density at radius 1 is 1.12 bits per heavy atom. The molecule has 2 rings (SSSR count). The van der Waals surface area contributed by atoms with Crippen LogP contribution in [0.25, 0.3) is 0 Å². The van der Waals surface area contributed by atoms with Gasteiger partial charge in [-0.3, -0.25) is 0 Å². The number of hydrogen-bond acceptors (Lipinski definition) is 2. The number of nitrogens with one attached hydrogen (secondary N) is 1. The lowest BCUT2D eigenvalue weighted by atomic mass is 10.0. The summed E-state index contributed by atoms with van der Waals surface area (Å²) in [5.74, 6) is 0. The lowest BCUT2D eigenvalue weighted by molar-refractivity contribution is 0.335. The van der Waals surface area contributed by atoms with Gasteiger partial charge in [-0.2, -0.15) is 0 Å². The second kappa shape index (κ2) is 6.18. The summed E-state index contributed by atoms with van der Waals surface area (Å²) in [7, 11) is 0. The van der Waals surface area contributed by atoms with Crippen LogP contribution >= 0.6 is 0 Å². The van der Waals surface area contributed by atoms with E-state index >= 15 is 0 Å². The zero-order valence-corrected chi connectivity index (χ0v) is 11.1. The first-order valence-electron chi connectivity index (χ1n) is 6.75. The molecular formula is C15H24N2. The van der Waals surface area contributed by atoms with Crippen molar-refractivity contribution >= 4 is 0 Å². The number of aryl methyl sites for hydroxylation is 2. The van der Waals surface area contributed by atoms with Gasteiger partial charge >= 0.3 is 0 Å². The average Bonchev–Trinajstić information content (AvgIpc) is 2.80. The molecule has 0 aliphatic carbocycles. The molecule has 0 saturated carbocycles. The number of rotatable bonds is 5. The SMILES string of the molecule is Cc1cccc(C)c1CNCCN1CCCC1. The Morgan fingerprint density at radius 3 is 2.41 bits per heavy atom. The summed E-state index contributed by atoms with van der Waals surface area (Å²) in [6.07, 6.45) is 2.77. The molecule has 1 aromatic rings. The third-order valence-electron chi connectivity index (χ3n) is 3.75. The highest BCUT2D eigenvalue weighted by atomic mass is 15.1. The van der Waals surface area contributed by atoms with Crippen LogP contribution in [-0.4, -0.2) is 31.1 Å². The highest BCUT2D eigenvalue weighted by molar-refractivity contribution is 5.33. The van der Waals surface area contributed by atoms with E-state index in [-0.39, 0.29) is 0 Å². The normalized spacial score (nSPS) is 16.6. The van der Waals surface area contributed by atoms with Crippen LogP contribution in [0.2, 0.25) is 0 Å². The second-order valence-corrected chi connectivity index (χ2v) is 5.10. The minimum absolute atomic E-state index is 1.01. The van der Waals surface area contributed by atoms with E-state index in [1.807, 2.05) is 0 Å². The summed E-state index contributed by atoms with van der Waals surface area (Å²) >= 11 is 0. The molecule has 0 radical (unpaired) electrons. The Labute approximate surface area is 105 Å². The minimum atomic E-state index is 1.01. The van der Waals surface area contributed by atoms with Crippen LogP contribution in [0.3, 0.4) is 0 Å². The van der Waals surface area contributed by atoms with E-state index in [1.54, 1.807) is 0 Å². The third kappa shape index (κ3) is 3.55. The van der Waals surface area contributed by atoms with E-state index < -0.39 is 0 Å². The lowest BCUT2D eigenvalue weighted by Crippen LogP contribution is -2.29. The van der Waals surface area contributed by atoms with Crippen molar-refractivity contribution < 1.29 is 0 Å². The van der Waals surface area contributed by atoms with Crippen molar-refractivity contribution in [3.8, 4) is 0 Å². The van der Waals surface area contributed by atoms with E-state index in [4.69, 9.17) is 0 Å². The number of nitrogens with zero attached hydrogens (tertiary/aromatic N) is 1. The van der Waals surface area contributed by atoms with E-state index in [1.165, 1.54) is 49.2 Å². The topological polar surface area (TPSA) is 15.3 Å². The molecule has 94 valence electrons. The van der Waals surface area contributed by atoms with Crippen LogP contribution in [-0.2, 0) is 6.54 Å². The summed E-state index contributed by atoms with van der Waals surface area (Å²) in [6, 6.07) is 6.54. The molecule has 0 spiro atoms. The van der Waals surface area contributed by atoms with Gasteiger partial charge in [0.05, 0.1) is 0 Å². The van der Waals surface area contributed by atoms with E-state index in [0.717, 1.165) is 13.1 Å². The van der Waals surface area contributed by atoms with Crippen LogP contribution in [0, 0.1) is 13.8 Å². The zero-order valence-electron chi connectivity index (χ0n) is 11.1. The minimum Gasteiger partial charge on any atom is -0.311 e. The maximum atomic E-state index is 3.57. The molecule has 0 unspecified atom stereocenters. The Morgan fingerprint density at radius 2 is 1.76 bits per heavy atom. The molecule has 1 N–H and O–H groups in total. The van der Waals surface area contributed by atoms with Crippen molar-refractivity contribution in [3.05, 3.63) is 34.9 Å². The number of hydrogen-bond donors (Lipinski definition) is 1. The smallest absolute Gasteiger partial charge is 0.0211 e. The molecule has 0 atom stereocenters. The molecule has 1 fully saturated rings. The first-order valence-corrected chi connectivity index (χ1v) is 6.75. The van der Waals surface area contributed by atoms with Crippen molar-refractivity contribution in [2.75, 3.05) is 26.2 Å². The maximum Gasteiger partial charge on any atom is 0.0211 e. The van der Waals surface area contributed by atoms with Gasteiger partial charge in [0.15, 0.2) is 0 Å². The molecule has 1 aliphatic rings. The summed E-state index contributed by atoms with van der Waals surface area (Å²) in [5.41, 5.74) is 4.27. The summed E-state index contributed by atoms with van der Waals surface area (Å²) in [4.78, 5) is 2.55. The zero-order chi connectivity index (χ0) is 12.1. The highest BCUT2D eigenvalue weighted by Crippen LogP contribution is 2.12. The molecular weight excluding hydrogens is 208 g/mol. The van der Waals surface area contributed by atoms with Gasteiger partial charge in [-0.25, -0.2) is 0 Å². The van der Waals surface area contributed by atoms with Crippen LogP contribution in [0.15, 0.2) is 18.2 Å². The third-order valence-corrected chi connectivity index (χ3v) is 3.75. The summed E-state index contributed by atoms with van der Waals surface area (Å²) in [5, 5.41) is 3.57. The van der Waals surface area contributed by atoms with Crippen molar-refractivity contribution in [3.63, 3.8) is 0 Å². The van der Waals surface area contributed by atoms with Gasteiger partial charge in [0.1, 0.15) is 0 Å². The Kier molecular flexibility index (Phi) is 4.57. The first-order chi connectivity index (χ1) is 8.27. The Bertz CT molecular complexity index is 334. The van der Waals surface area contributed by atoms with Crippen molar-refractivity contribution in [2.45, 2.75) is 33.2 Å². The van der Waals surface area contributed by atoms with Crippen LogP contribution in [0.1, 0.15) is 29.5 Å². The standard InChI is InChI=1S/C15H24N2/c1-13-6-5-7-14(2)15(13)12-16-8-11-17-9-3-4-10-17/h5-7,16H,3-4,8-12H2,1-2H3. The Hall–Kier alpha value is -0.860. The molecule has 2 heteroatoms. The summed E-state index contributed by atoms with van der Waals surface area (Å²) in [6.45, 7) is 10.3. The number of likely N-dealkylation sites (tertiary alicyclic amines) is 1. The largest absolute Gasteiger partial charge is 0.311 e. The van der Waals surface area contributed by atoms with Gasteiger partial charge < -0.3 is 10.2 Å². The fourth-order valence-electron chi connectivity index (χ4n) is 2.58. The van der Waals surface area contributed by atoms with Gasteiger partial charge in [-0.05, 0) is 56.5 Å². The van der Waals surface area contributed by atoms with Crippen LogP contribution in [0.5, 0.6) is 0 Å². The molecule has 1 aliphatic heterocycles. The van der Waals surface area contributed by atoms with Gasteiger partial charge in [-0.15, -0.1) is 0 Å². The average molecular weight is 232 g/mol. The fraction of sp³-hybridized carbons (Fsp3) is 0.600. The molecule has 0 aromatic heterocycles. The van der Waals surface area contributed by atoms with Crippen LogP contribution < -0.4 is 5.32 Å². The molecule has 0 amide bonds. The monoisotopic (exact) mass is 232 g/mol.